The third-order valence-electron chi connectivity index (χ3n) is 2.88. The van der Waals surface area contributed by atoms with E-state index in [1.54, 1.807) is 6.33 Å². The molecule has 1 atom stereocenters. The Labute approximate surface area is 108 Å². The quantitative estimate of drug-likeness (QED) is 0.801. The van der Waals surface area contributed by atoms with Crippen molar-refractivity contribution in [3.8, 4) is 0 Å². The molecular formula is C10H10Cl2N4O. The first-order valence-electron chi connectivity index (χ1n) is 5.43. The third-order valence-corrected chi connectivity index (χ3v) is 3.39. The average molecular weight is 273 g/mol. The Balaban J connectivity index is 2.13. The normalized spacial score (nSPS) is 20.9. The number of hydrogen-bond donors (Lipinski definition) is 0. The van der Waals surface area contributed by atoms with E-state index in [9.17, 15) is 0 Å². The van der Waals surface area contributed by atoms with Crippen molar-refractivity contribution in [2.75, 3.05) is 6.61 Å². The third kappa shape index (κ3) is 1.88. The van der Waals surface area contributed by atoms with Crippen LogP contribution in [0.25, 0.3) is 11.0 Å². The molecule has 1 unspecified atom stereocenters. The van der Waals surface area contributed by atoms with E-state index in [-0.39, 0.29) is 11.4 Å². The summed E-state index contributed by atoms with van der Waals surface area (Å²) in [5.74, 6) is 0. The zero-order chi connectivity index (χ0) is 11.8. The summed E-state index contributed by atoms with van der Waals surface area (Å²) < 4.78 is 7.58. The molecule has 2 aromatic rings. The maximum atomic E-state index is 6.05. The highest BCUT2D eigenvalue weighted by Gasteiger charge is 2.21. The summed E-state index contributed by atoms with van der Waals surface area (Å²) in [6.45, 7) is 0.758. The number of imidazole rings is 1. The lowest BCUT2D eigenvalue weighted by Crippen LogP contribution is -2.17. The van der Waals surface area contributed by atoms with Crippen molar-refractivity contribution >= 4 is 34.2 Å². The first kappa shape index (κ1) is 11.2. The lowest BCUT2D eigenvalue weighted by Gasteiger charge is -2.24. The van der Waals surface area contributed by atoms with Crippen LogP contribution in [0.1, 0.15) is 25.5 Å². The first-order chi connectivity index (χ1) is 8.27. The van der Waals surface area contributed by atoms with Crippen molar-refractivity contribution in [1.82, 2.24) is 19.7 Å². The van der Waals surface area contributed by atoms with Gasteiger partial charge in [0.15, 0.2) is 10.3 Å². The Kier molecular flexibility index (Phi) is 2.90. The molecule has 3 heterocycles. The van der Waals surface area contributed by atoms with Crippen LogP contribution in [0.3, 0.4) is 0 Å². The summed E-state index contributed by atoms with van der Waals surface area (Å²) >= 11 is 12.0. The zero-order valence-electron chi connectivity index (χ0n) is 8.94. The van der Waals surface area contributed by atoms with Crippen LogP contribution in [0.2, 0.25) is 10.3 Å². The van der Waals surface area contributed by atoms with E-state index in [0.29, 0.717) is 16.2 Å². The van der Waals surface area contributed by atoms with Crippen LogP contribution in [0.15, 0.2) is 6.33 Å². The zero-order valence-corrected chi connectivity index (χ0v) is 10.4. The van der Waals surface area contributed by atoms with Crippen LogP contribution in [-0.2, 0) is 4.74 Å². The molecular weight excluding hydrogens is 263 g/mol. The smallest absolute Gasteiger partial charge is 0.179 e. The van der Waals surface area contributed by atoms with Gasteiger partial charge in [0.1, 0.15) is 17.3 Å². The molecule has 0 aromatic carbocycles. The van der Waals surface area contributed by atoms with Gasteiger partial charge in [-0.25, -0.2) is 4.98 Å². The van der Waals surface area contributed by atoms with Crippen LogP contribution in [-0.4, -0.2) is 26.4 Å². The van der Waals surface area contributed by atoms with Gasteiger partial charge in [-0.05, 0) is 19.3 Å². The van der Waals surface area contributed by atoms with Crippen molar-refractivity contribution in [3.05, 3.63) is 16.6 Å². The fraction of sp³-hybridized carbons (Fsp3) is 0.500. The Hall–Kier alpha value is -0.910. The Morgan fingerprint density at radius 2 is 2.06 bits per heavy atom. The average Bonchev–Trinajstić information content (AvgIpc) is 2.81. The largest absolute Gasteiger partial charge is 0.358 e. The van der Waals surface area contributed by atoms with Gasteiger partial charge >= 0.3 is 0 Å². The highest BCUT2D eigenvalue weighted by Crippen LogP contribution is 2.31. The molecule has 0 aliphatic carbocycles. The number of aromatic nitrogens is 4. The van der Waals surface area contributed by atoms with Crippen molar-refractivity contribution in [2.24, 2.45) is 0 Å². The molecule has 90 valence electrons. The minimum absolute atomic E-state index is 0.0356. The number of nitrogens with zero attached hydrogens (tertiary/aromatic N) is 4. The second-order valence-corrected chi connectivity index (χ2v) is 4.67. The standard InChI is InChI=1S/C10H10Cl2N4O/c11-9-7-8(10(12)15-14-9)16(5-13-7)6-3-1-2-4-17-6/h5-6H,1-4H2. The van der Waals surface area contributed by atoms with E-state index >= 15 is 0 Å². The summed E-state index contributed by atoms with van der Waals surface area (Å²) in [5, 5.41) is 8.10. The summed E-state index contributed by atoms with van der Waals surface area (Å²) in [5.41, 5.74) is 1.26. The van der Waals surface area contributed by atoms with Gasteiger partial charge in [0.05, 0.1) is 6.33 Å². The van der Waals surface area contributed by atoms with E-state index in [4.69, 9.17) is 27.9 Å². The van der Waals surface area contributed by atoms with Crippen LogP contribution < -0.4 is 0 Å². The van der Waals surface area contributed by atoms with Crippen LogP contribution in [0, 0.1) is 0 Å². The van der Waals surface area contributed by atoms with Crippen LogP contribution in [0.4, 0.5) is 0 Å². The maximum absolute atomic E-state index is 6.05. The van der Waals surface area contributed by atoms with Gasteiger partial charge in [-0.15, -0.1) is 10.2 Å². The van der Waals surface area contributed by atoms with Gasteiger partial charge in [-0.3, -0.25) is 0 Å². The lowest BCUT2D eigenvalue weighted by atomic mass is 10.2. The van der Waals surface area contributed by atoms with E-state index < -0.39 is 0 Å². The predicted molar refractivity (Wildman–Crippen MR) is 64.2 cm³/mol. The number of fused-ring (bicyclic) bond motifs is 1. The molecule has 17 heavy (non-hydrogen) atoms. The van der Waals surface area contributed by atoms with Gasteiger partial charge in [0.2, 0.25) is 0 Å². The fourth-order valence-electron chi connectivity index (χ4n) is 2.06. The molecule has 2 aromatic heterocycles. The van der Waals surface area contributed by atoms with E-state index in [1.807, 2.05) is 4.57 Å². The number of hydrogen-bond acceptors (Lipinski definition) is 4. The van der Waals surface area contributed by atoms with Gasteiger partial charge < -0.3 is 9.30 Å². The number of ether oxygens (including phenoxy) is 1. The predicted octanol–water partition coefficient (Wildman–Crippen LogP) is 2.83. The van der Waals surface area contributed by atoms with E-state index in [0.717, 1.165) is 25.9 Å². The Morgan fingerprint density at radius 1 is 1.24 bits per heavy atom. The molecule has 5 nitrogen and oxygen atoms in total. The summed E-state index contributed by atoms with van der Waals surface area (Å²) in [7, 11) is 0. The summed E-state index contributed by atoms with van der Waals surface area (Å²) in [6.07, 6.45) is 4.82. The molecule has 1 aliphatic heterocycles. The topological polar surface area (TPSA) is 52.8 Å². The lowest BCUT2D eigenvalue weighted by molar-refractivity contribution is -0.0295. The van der Waals surface area contributed by atoms with Crippen LogP contribution in [0.5, 0.6) is 0 Å². The van der Waals surface area contributed by atoms with Crippen molar-refractivity contribution in [3.63, 3.8) is 0 Å². The second-order valence-electron chi connectivity index (χ2n) is 3.95. The highest BCUT2D eigenvalue weighted by molar-refractivity contribution is 6.37. The molecule has 0 amide bonds. The second kappa shape index (κ2) is 4.40. The van der Waals surface area contributed by atoms with E-state index in [1.165, 1.54) is 0 Å². The highest BCUT2D eigenvalue weighted by atomic mass is 35.5. The molecule has 0 N–H and O–H groups in total. The number of rotatable bonds is 1. The van der Waals surface area contributed by atoms with Gasteiger partial charge in [0, 0.05) is 6.61 Å². The molecule has 0 saturated carbocycles. The SMILES string of the molecule is Clc1nnc(Cl)c2c1ncn2C1CCCCO1. The summed E-state index contributed by atoms with van der Waals surface area (Å²) in [4.78, 5) is 4.22. The van der Waals surface area contributed by atoms with Gasteiger partial charge in [-0.2, -0.15) is 0 Å². The first-order valence-corrected chi connectivity index (χ1v) is 6.19. The van der Waals surface area contributed by atoms with Crippen LogP contribution >= 0.6 is 23.2 Å². The molecule has 1 aliphatic rings. The van der Waals surface area contributed by atoms with E-state index in [2.05, 4.69) is 15.2 Å². The minimum atomic E-state index is -0.0356. The molecule has 0 radical (unpaired) electrons. The van der Waals surface area contributed by atoms with Gasteiger partial charge in [-0.1, -0.05) is 23.2 Å². The minimum Gasteiger partial charge on any atom is -0.358 e. The number of halogens is 2. The fourth-order valence-corrected chi connectivity index (χ4v) is 2.46. The molecule has 1 fully saturated rings. The Morgan fingerprint density at radius 3 is 2.82 bits per heavy atom. The van der Waals surface area contributed by atoms with Crippen molar-refractivity contribution in [1.29, 1.82) is 0 Å². The summed E-state index contributed by atoms with van der Waals surface area (Å²) in [6, 6.07) is 0. The molecule has 3 rings (SSSR count). The van der Waals surface area contributed by atoms with Gasteiger partial charge in [0.25, 0.3) is 0 Å². The maximum Gasteiger partial charge on any atom is 0.179 e. The Bertz CT molecular complexity index is 550. The molecule has 7 heteroatoms. The molecule has 0 bridgehead atoms. The monoisotopic (exact) mass is 272 g/mol. The van der Waals surface area contributed by atoms with Crippen molar-refractivity contribution < 1.29 is 4.74 Å². The van der Waals surface area contributed by atoms with Crippen molar-refractivity contribution in [2.45, 2.75) is 25.5 Å². The molecule has 1 saturated heterocycles. The molecule has 0 spiro atoms.